The molecule has 1 unspecified atom stereocenters. The average molecular weight is 280 g/mol. The van der Waals surface area contributed by atoms with E-state index < -0.39 is 0 Å². The number of rotatable bonds is 1. The number of fused-ring (bicyclic) bond motifs is 1. The van der Waals surface area contributed by atoms with E-state index in [0.717, 1.165) is 16.8 Å². The van der Waals surface area contributed by atoms with Crippen molar-refractivity contribution in [3.05, 3.63) is 53.1 Å². The van der Waals surface area contributed by atoms with Gasteiger partial charge in [0.15, 0.2) is 5.96 Å². The molecule has 1 heterocycles. The van der Waals surface area contributed by atoms with Crippen LogP contribution in [0.5, 0.6) is 0 Å². The minimum Gasteiger partial charge on any atom is -0.369 e. The summed E-state index contributed by atoms with van der Waals surface area (Å²) in [6.07, 6.45) is -0.246. The van der Waals surface area contributed by atoms with E-state index in [1.165, 1.54) is 16.7 Å². The van der Waals surface area contributed by atoms with Gasteiger partial charge < -0.3 is 16.4 Å². The molecule has 108 valence electrons. The normalized spacial score (nSPS) is 17.4. The number of aliphatic imine (C=N–C) groups is 1. The van der Waals surface area contributed by atoms with Gasteiger partial charge >= 0.3 is 0 Å². The van der Waals surface area contributed by atoms with E-state index in [2.05, 4.69) is 49.2 Å². The van der Waals surface area contributed by atoms with Crippen LogP contribution in [0.25, 0.3) is 11.1 Å². The molecule has 4 N–H and O–H groups in total. The molecule has 0 saturated heterocycles. The van der Waals surface area contributed by atoms with E-state index in [9.17, 15) is 0 Å². The lowest BCUT2D eigenvalue weighted by atomic mass is 9.94. The van der Waals surface area contributed by atoms with Gasteiger partial charge in [0.25, 0.3) is 0 Å². The Bertz CT molecular complexity index is 713. The SMILES string of the molecule is Cc1cccc(C)c1-c1ccc2c(c1)N=C(N)N(C)C2N. The zero-order valence-corrected chi connectivity index (χ0v) is 12.6. The zero-order chi connectivity index (χ0) is 15.1. The maximum atomic E-state index is 6.19. The van der Waals surface area contributed by atoms with Crippen molar-refractivity contribution in [2.24, 2.45) is 16.5 Å². The second kappa shape index (κ2) is 4.90. The molecule has 0 bridgehead atoms. The molecular weight excluding hydrogens is 260 g/mol. The third-order valence-corrected chi connectivity index (χ3v) is 4.13. The highest BCUT2D eigenvalue weighted by atomic mass is 15.3. The van der Waals surface area contributed by atoms with Crippen molar-refractivity contribution >= 4 is 11.6 Å². The molecule has 0 fully saturated rings. The first-order chi connectivity index (χ1) is 9.99. The predicted octanol–water partition coefficient (Wildman–Crippen LogP) is 2.82. The Hall–Kier alpha value is -2.33. The maximum Gasteiger partial charge on any atom is 0.197 e. The van der Waals surface area contributed by atoms with Crippen LogP contribution in [0.3, 0.4) is 0 Å². The van der Waals surface area contributed by atoms with Crippen LogP contribution in [0.2, 0.25) is 0 Å². The molecule has 2 aromatic carbocycles. The first-order valence-electron chi connectivity index (χ1n) is 7.02. The van der Waals surface area contributed by atoms with Crippen molar-refractivity contribution in [2.75, 3.05) is 7.05 Å². The van der Waals surface area contributed by atoms with Gasteiger partial charge in [0.05, 0.1) is 5.69 Å². The summed E-state index contributed by atoms with van der Waals surface area (Å²) in [4.78, 5) is 6.24. The van der Waals surface area contributed by atoms with Gasteiger partial charge in [0, 0.05) is 12.6 Å². The fraction of sp³-hybridized carbons (Fsp3) is 0.235. The molecule has 0 radical (unpaired) electrons. The Labute approximate surface area is 125 Å². The first kappa shape index (κ1) is 13.6. The molecule has 0 saturated carbocycles. The van der Waals surface area contributed by atoms with Crippen LogP contribution in [0.15, 0.2) is 41.4 Å². The highest BCUT2D eigenvalue weighted by Gasteiger charge is 2.23. The summed E-state index contributed by atoms with van der Waals surface area (Å²) < 4.78 is 0. The topological polar surface area (TPSA) is 67.6 Å². The van der Waals surface area contributed by atoms with Gasteiger partial charge in [0.2, 0.25) is 0 Å². The van der Waals surface area contributed by atoms with E-state index in [-0.39, 0.29) is 6.17 Å². The lowest BCUT2D eigenvalue weighted by molar-refractivity contribution is 0.375. The van der Waals surface area contributed by atoms with Crippen LogP contribution in [0.4, 0.5) is 5.69 Å². The molecule has 0 spiro atoms. The third kappa shape index (κ3) is 2.17. The average Bonchev–Trinajstić information content (AvgIpc) is 2.44. The predicted molar refractivity (Wildman–Crippen MR) is 87.3 cm³/mol. The number of nitrogens with two attached hydrogens (primary N) is 2. The third-order valence-electron chi connectivity index (χ3n) is 4.13. The van der Waals surface area contributed by atoms with Crippen molar-refractivity contribution < 1.29 is 0 Å². The van der Waals surface area contributed by atoms with Gasteiger partial charge in [-0.05, 0) is 42.2 Å². The van der Waals surface area contributed by atoms with Crippen molar-refractivity contribution in [3.63, 3.8) is 0 Å². The Morgan fingerprint density at radius 1 is 1.10 bits per heavy atom. The van der Waals surface area contributed by atoms with Gasteiger partial charge in [-0.3, -0.25) is 0 Å². The van der Waals surface area contributed by atoms with Gasteiger partial charge in [-0.1, -0.05) is 30.3 Å². The lowest BCUT2D eigenvalue weighted by Gasteiger charge is -2.31. The van der Waals surface area contributed by atoms with Gasteiger partial charge in [0.1, 0.15) is 6.17 Å². The summed E-state index contributed by atoms with van der Waals surface area (Å²) >= 11 is 0. The van der Waals surface area contributed by atoms with E-state index in [1.807, 2.05) is 13.1 Å². The van der Waals surface area contributed by atoms with Crippen LogP contribution in [-0.2, 0) is 0 Å². The molecule has 0 amide bonds. The molecule has 1 atom stereocenters. The second-order valence-electron chi connectivity index (χ2n) is 5.57. The molecule has 4 nitrogen and oxygen atoms in total. The van der Waals surface area contributed by atoms with Crippen LogP contribution in [-0.4, -0.2) is 17.9 Å². The Kier molecular flexibility index (Phi) is 3.18. The molecule has 4 heteroatoms. The quantitative estimate of drug-likeness (QED) is 0.844. The lowest BCUT2D eigenvalue weighted by Crippen LogP contribution is -2.42. The van der Waals surface area contributed by atoms with Crippen LogP contribution in [0.1, 0.15) is 22.9 Å². The zero-order valence-electron chi connectivity index (χ0n) is 12.6. The summed E-state index contributed by atoms with van der Waals surface area (Å²) in [6.45, 7) is 4.25. The van der Waals surface area contributed by atoms with Crippen LogP contribution in [0, 0.1) is 13.8 Å². The largest absolute Gasteiger partial charge is 0.369 e. The smallest absolute Gasteiger partial charge is 0.197 e. The highest BCUT2D eigenvalue weighted by molar-refractivity contribution is 5.85. The van der Waals surface area contributed by atoms with E-state index in [0.29, 0.717) is 5.96 Å². The van der Waals surface area contributed by atoms with Crippen LogP contribution < -0.4 is 11.5 Å². The fourth-order valence-electron chi connectivity index (χ4n) is 2.87. The summed E-state index contributed by atoms with van der Waals surface area (Å²) in [5, 5.41) is 0. The van der Waals surface area contributed by atoms with Crippen molar-refractivity contribution in [1.82, 2.24) is 4.90 Å². The van der Waals surface area contributed by atoms with Gasteiger partial charge in [-0.15, -0.1) is 0 Å². The number of nitrogens with zero attached hydrogens (tertiary/aromatic N) is 2. The highest BCUT2D eigenvalue weighted by Crippen LogP contribution is 2.36. The van der Waals surface area contributed by atoms with Crippen molar-refractivity contribution in [2.45, 2.75) is 20.0 Å². The monoisotopic (exact) mass is 280 g/mol. The molecule has 3 rings (SSSR count). The first-order valence-corrected chi connectivity index (χ1v) is 7.02. The summed E-state index contributed by atoms with van der Waals surface area (Å²) in [5.41, 5.74) is 18.9. The molecule has 21 heavy (non-hydrogen) atoms. The van der Waals surface area contributed by atoms with Crippen molar-refractivity contribution in [3.8, 4) is 11.1 Å². The molecule has 0 aromatic heterocycles. The van der Waals surface area contributed by atoms with E-state index >= 15 is 0 Å². The number of hydrogen-bond donors (Lipinski definition) is 2. The van der Waals surface area contributed by atoms with E-state index in [1.54, 1.807) is 4.90 Å². The number of hydrogen-bond acceptors (Lipinski definition) is 4. The molecule has 1 aliphatic rings. The van der Waals surface area contributed by atoms with Crippen LogP contribution >= 0.6 is 0 Å². The minimum atomic E-state index is -0.246. The van der Waals surface area contributed by atoms with Crippen molar-refractivity contribution in [1.29, 1.82) is 0 Å². The molecule has 0 aliphatic carbocycles. The Morgan fingerprint density at radius 2 is 1.76 bits per heavy atom. The fourth-order valence-corrected chi connectivity index (χ4v) is 2.87. The van der Waals surface area contributed by atoms with Gasteiger partial charge in [-0.25, -0.2) is 4.99 Å². The molecular formula is C17H20N4. The summed E-state index contributed by atoms with van der Waals surface area (Å²) in [5.74, 6) is 0.452. The minimum absolute atomic E-state index is 0.246. The summed E-state index contributed by atoms with van der Waals surface area (Å²) in [6, 6.07) is 12.6. The summed E-state index contributed by atoms with van der Waals surface area (Å²) in [7, 11) is 1.85. The number of benzene rings is 2. The second-order valence-corrected chi connectivity index (χ2v) is 5.57. The Morgan fingerprint density at radius 3 is 2.43 bits per heavy atom. The number of guanidine groups is 1. The van der Waals surface area contributed by atoms with Gasteiger partial charge in [-0.2, -0.15) is 0 Å². The Balaban J connectivity index is 2.17. The maximum absolute atomic E-state index is 6.19. The van der Waals surface area contributed by atoms with E-state index in [4.69, 9.17) is 11.5 Å². The molecule has 2 aromatic rings. The standard InChI is InChI=1S/C17H20N4/c1-10-5-4-6-11(2)15(10)12-7-8-13-14(9-12)20-17(19)21(3)16(13)18/h4-9,16H,18H2,1-3H3,(H2,19,20). The molecule has 1 aliphatic heterocycles. The number of aryl methyl sites for hydroxylation is 2.